The van der Waals surface area contributed by atoms with Crippen LogP contribution in [-0.4, -0.2) is 77.0 Å². The van der Waals surface area contributed by atoms with Gasteiger partial charge in [0.2, 0.25) is 0 Å². The van der Waals surface area contributed by atoms with Gasteiger partial charge in [-0.1, -0.05) is 13.8 Å². The number of sulfone groups is 1. The quantitative estimate of drug-likeness (QED) is 0.297. The molecule has 0 spiro atoms. The van der Waals surface area contributed by atoms with Crippen LogP contribution < -0.4 is 10.6 Å². The molecule has 1 heterocycles. The molecule has 0 aromatic rings. The Kier molecular flexibility index (Phi) is 11.5. The summed E-state index contributed by atoms with van der Waals surface area (Å²) in [4.78, 5) is 5.99. The Morgan fingerprint density at radius 1 is 1.31 bits per heavy atom. The minimum atomic E-state index is -2.97. The first-order chi connectivity index (χ1) is 11.5. The number of rotatable bonds is 8. The number of likely N-dealkylation sites (tertiary alicyclic amines) is 1. The van der Waals surface area contributed by atoms with Crippen molar-refractivity contribution in [2.45, 2.75) is 45.6 Å². The maximum Gasteiger partial charge on any atom is 0.251 e. The van der Waals surface area contributed by atoms with Crippen LogP contribution in [0, 0.1) is 5.41 Å². The third-order valence-corrected chi connectivity index (χ3v) is 5.38. The summed E-state index contributed by atoms with van der Waals surface area (Å²) < 4.78 is 47.5. The summed E-state index contributed by atoms with van der Waals surface area (Å²) in [6.07, 6.45) is 1.13. The zero-order valence-electron chi connectivity index (χ0n) is 16.1. The number of halogens is 3. The molecule has 0 bridgehead atoms. The van der Waals surface area contributed by atoms with E-state index >= 15 is 0 Å². The van der Waals surface area contributed by atoms with E-state index in [0.29, 0.717) is 32.0 Å². The van der Waals surface area contributed by atoms with Gasteiger partial charge in [0.25, 0.3) is 6.43 Å². The van der Waals surface area contributed by atoms with Gasteiger partial charge in [-0.05, 0) is 24.7 Å². The number of hydrogen-bond acceptors (Lipinski definition) is 4. The van der Waals surface area contributed by atoms with Crippen molar-refractivity contribution in [2.24, 2.45) is 10.4 Å². The van der Waals surface area contributed by atoms with Crippen molar-refractivity contribution in [2.75, 3.05) is 45.2 Å². The molecule has 0 aromatic heterocycles. The lowest BCUT2D eigenvalue weighted by Crippen LogP contribution is -2.50. The van der Waals surface area contributed by atoms with Gasteiger partial charge in [-0.25, -0.2) is 17.2 Å². The standard InChI is InChI=1S/C16H32F2N4O2S.HI/c1-16(2,7-10-25(4,23)24)12-20-15(19-3)21-13-5-8-22(9-6-13)11-14(17)18;/h13-14H,5-12H2,1-4H3,(H2,19,20,21);1H. The average Bonchev–Trinajstić information content (AvgIpc) is 2.50. The molecule has 156 valence electrons. The third-order valence-electron chi connectivity index (χ3n) is 4.43. The lowest BCUT2D eigenvalue weighted by Gasteiger charge is -2.33. The molecular formula is C16H33F2IN4O2S. The van der Waals surface area contributed by atoms with Crippen molar-refractivity contribution in [1.82, 2.24) is 15.5 Å². The van der Waals surface area contributed by atoms with Crippen molar-refractivity contribution in [1.29, 1.82) is 0 Å². The highest BCUT2D eigenvalue weighted by atomic mass is 127. The Labute approximate surface area is 173 Å². The molecular weight excluding hydrogens is 477 g/mol. The van der Waals surface area contributed by atoms with Gasteiger partial charge in [0.15, 0.2) is 5.96 Å². The maximum absolute atomic E-state index is 12.4. The summed E-state index contributed by atoms with van der Waals surface area (Å²) in [5.74, 6) is 0.829. The van der Waals surface area contributed by atoms with Crippen LogP contribution in [0.25, 0.3) is 0 Å². The minimum absolute atomic E-state index is 0. The van der Waals surface area contributed by atoms with Gasteiger partial charge in [0, 0.05) is 39.0 Å². The molecule has 0 atom stereocenters. The molecule has 1 aliphatic heterocycles. The lowest BCUT2D eigenvalue weighted by molar-refractivity contribution is 0.0744. The number of piperidine rings is 1. The van der Waals surface area contributed by atoms with Gasteiger partial charge in [-0.15, -0.1) is 24.0 Å². The molecule has 10 heteroatoms. The second-order valence-electron chi connectivity index (χ2n) is 7.58. The van der Waals surface area contributed by atoms with E-state index < -0.39 is 16.3 Å². The summed E-state index contributed by atoms with van der Waals surface area (Å²) in [5.41, 5.74) is -0.179. The van der Waals surface area contributed by atoms with Crippen molar-refractivity contribution in [3.8, 4) is 0 Å². The van der Waals surface area contributed by atoms with E-state index in [-0.39, 0.29) is 47.7 Å². The van der Waals surface area contributed by atoms with E-state index in [1.54, 1.807) is 11.9 Å². The average molecular weight is 510 g/mol. The normalized spacial score (nSPS) is 17.9. The first kappa shape index (κ1) is 25.8. The fourth-order valence-electron chi connectivity index (χ4n) is 2.72. The minimum Gasteiger partial charge on any atom is -0.356 e. The van der Waals surface area contributed by atoms with Crippen molar-refractivity contribution in [3.05, 3.63) is 0 Å². The van der Waals surface area contributed by atoms with Crippen molar-refractivity contribution in [3.63, 3.8) is 0 Å². The van der Waals surface area contributed by atoms with Crippen LogP contribution in [0.3, 0.4) is 0 Å². The molecule has 0 aromatic carbocycles. The van der Waals surface area contributed by atoms with Crippen LogP contribution in [0.1, 0.15) is 33.1 Å². The topological polar surface area (TPSA) is 73.8 Å². The monoisotopic (exact) mass is 510 g/mol. The Balaban J connectivity index is 0.00000625. The number of guanidine groups is 1. The van der Waals surface area contributed by atoms with Crippen LogP contribution in [0.4, 0.5) is 8.78 Å². The Hall–Kier alpha value is -0.230. The van der Waals surface area contributed by atoms with Crippen LogP contribution in [0.5, 0.6) is 0 Å². The number of nitrogens with one attached hydrogen (secondary N) is 2. The fraction of sp³-hybridized carbons (Fsp3) is 0.938. The summed E-state index contributed by atoms with van der Waals surface area (Å²) in [6.45, 7) is 5.78. The molecule has 0 radical (unpaired) electrons. The highest BCUT2D eigenvalue weighted by Gasteiger charge is 2.24. The molecule has 6 nitrogen and oxygen atoms in total. The number of nitrogens with zero attached hydrogens (tertiary/aromatic N) is 2. The van der Waals surface area contributed by atoms with Crippen molar-refractivity contribution < 1.29 is 17.2 Å². The SMILES string of the molecule is CN=C(NCC(C)(C)CCS(C)(=O)=O)NC1CCN(CC(F)F)CC1.I. The Morgan fingerprint density at radius 2 is 1.88 bits per heavy atom. The van der Waals surface area contributed by atoms with Gasteiger partial charge in [0.05, 0.1) is 12.3 Å². The van der Waals surface area contributed by atoms with E-state index in [4.69, 9.17) is 0 Å². The van der Waals surface area contributed by atoms with Crippen molar-refractivity contribution >= 4 is 39.8 Å². The molecule has 0 aliphatic carbocycles. The summed E-state index contributed by atoms with van der Waals surface area (Å²) in [6, 6.07) is 0.208. The van der Waals surface area contributed by atoms with Gasteiger partial charge < -0.3 is 10.6 Å². The second-order valence-corrected chi connectivity index (χ2v) is 9.84. The van der Waals surface area contributed by atoms with Gasteiger partial charge in [0.1, 0.15) is 9.84 Å². The molecule has 0 unspecified atom stereocenters. The van der Waals surface area contributed by atoms with Gasteiger partial charge in [-0.3, -0.25) is 9.89 Å². The second kappa shape index (κ2) is 11.6. The predicted octanol–water partition coefficient (Wildman–Crippen LogP) is 1.96. The molecule has 1 saturated heterocycles. The first-order valence-electron chi connectivity index (χ1n) is 8.66. The zero-order valence-corrected chi connectivity index (χ0v) is 19.2. The highest BCUT2D eigenvalue weighted by molar-refractivity contribution is 14.0. The first-order valence-corrected chi connectivity index (χ1v) is 10.7. The molecule has 0 amide bonds. The number of aliphatic imine (C=N–C) groups is 1. The molecule has 1 aliphatic rings. The summed E-state index contributed by atoms with van der Waals surface area (Å²) >= 11 is 0. The Morgan fingerprint density at radius 3 is 2.35 bits per heavy atom. The van der Waals surface area contributed by atoms with Gasteiger partial charge in [-0.2, -0.15) is 0 Å². The largest absolute Gasteiger partial charge is 0.356 e. The van der Waals surface area contributed by atoms with Crippen LogP contribution >= 0.6 is 24.0 Å². The van der Waals surface area contributed by atoms with E-state index in [9.17, 15) is 17.2 Å². The predicted molar refractivity (Wildman–Crippen MR) is 113 cm³/mol. The van der Waals surface area contributed by atoms with E-state index in [1.165, 1.54) is 6.26 Å². The molecule has 1 rings (SSSR count). The van der Waals surface area contributed by atoms with Crippen LogP contribution in [-0.2, 0) is 9.84 Å². The molecule has 2 N–H and O–H groups in total. The van der Waals surface area contributed by atoms with Crippen LogP contribution in [0.15, 0.2) is 4.99 Å². The molecule has 1 fully saturated rings. The maximum atomic E-state index is 12.4. The smallest absolute Gasteiger partial charge is 0.251 e. The van der Waals surface area contributed by atoms with E-state index in [0.717, 1.165) is 12.8 Å². The van der Waals surface area contributed by atoms with E-state index in [2.05, 4.69) is 15.6 Å². The molecule has 26 heavy (non-hydrogen) atoms. The Bertz CT molecular complexity index is 536. The lowest BCUT2D eigenvalue weighted by atomic mass is 9.90. The fourth-order valence-corrected chi connectivity index (χ4v) is 3.64. The highest BCUT2D eigenvalue weighted by Crippen LogP contribution is 2.20. The summed E-state index contributed by atoms with van der Waals surface area (Å²) in [5, 5.41) is 6.58. The van der Waals surface area contributed by atoms with Gasteiger partial charge >= 0.3 is 0 Å². The van der Waals surface area contributed by atoms with Crippen LogP contribution in [0.2, 0.25) is 0 Å². The third kappa shape index (κ3) is 11.5. The number of alkyl halides is 2. The zero-order chi connectivity index (χ0) is 19.1. The number of hydrogen-bond donors (Lipinski definition) is 2. The van der Waals surface area contributed by atoms with E-state index in [1.807, 2.05) is 13.8 Å². The summed E-state index contributed by atoms with van der Waals surface area (Å²) in [7, 11) is -1.28. The molecule has 0 saturated carbocycles.